The van der Waals surface area contributed by atoms with Crippen molar-refractivity contribution in [2.24, 2.45) is 5.92 Å². The molecule has 0 saturated heterocycles. The van der Waals surface area contributed by atoms with Crippen LogP contribution in [0, 0.1) is 11.7 Å². The Labute approximate surface area is 228 Å². The summed E-state index contributed by atoms with van der Waals surface area (Å²) in [6.07, 6.45) is 12.8. The third-order valence-corrected chi connectivity index (χ3v) is 8.30. The molecule has 0 atom stereocenters. The molecular formula is C35H42FNO. The zero-order chi connectivity index (χ0) is 26.9. The minimum atomic E-state index is -0.211. The monoisotopic (exact) mass is 511 g/mol. The van der Waals surface area contributed by atoms with Gasteiger partial charge in [0, 0.05) is 19.2 Å². The molecule has 3 aromatic rings. The number of halogens is 1. The minimum absolute atomic E-state index is 0.0845. The first-order chi connectivity index (χ1) is 18.5. The van der Waals surface area contributed by atoms with Gasteiger partial charge >= 0.3 is 0 Å². The fourth-order valence-corrected chi connectivity index (χ4v) is 5.76. The van der Waals surface area contributed by atoms with E-state index < -0.39 is 0 Å². The molecule has 1 aliphatic rings. The van der Waals surface area contributed by atoms with Crippen LogP contribution in [0.15, 0.2) is 79.4 Å². The Hall–Kier alpha value is -3.20. The number of likely N-dealkylation sites (N-methyl/N-ethyl adjacent to an activating group) is 1. The zero-order valence-corrected chi connectivity index (χ0v) is 23.1. The Morgan fingerprint density at radius 2 is 1.58 bits per heavy atom. The summed E-state index contributed by atoms with van der Waals surface area (Å²) in [4.78, 5) is 13.3. The van der Waals surface area contributed by atoms with E-state index in [-0.39, 0.29) is 11.7 Å². The quantitative estimate of drug-likeness (QED) is 0.186. The van der Waals surface area contributed by atoms with Crippen molar-refractivity contribution in [3.05, 3.63) is 96.3 Å². The van der Waals surface area contributed by atoms with Crippen molar-refractivity contribution >= 4 is 5.91 Å². The van der Waals surface area contributed by atoms with Crippen LogP contribution in [-0.2, 0) is 11.2 Å². The van der Waals surface area contributed by atoms with Crippen molar-refractivity contribution in [3.63, 3.8) is 0 Å². The van der Waals surface area contributed by atoms with E-state index in [9.17, 15) is 4.79 Å². The first-order valence-corrected chi connectivity index (χ1v) is 14.3. The molecule has 1 amide bonds. The molecule has 2 nitrogen and oxygen atoms in total. The zero-order valence-electron chi connectivity index (χ0n) is 23.1. The van der Waals surface area contributed by atoms with E-state index in [4.69, 9.17) is 0 Å². The second-order valence-corrected chi connectivity index (χ2v) is 10.9. The summed E-state index contributed by atoms with van der Waals surface area (Å²) in [6.45, 7) is 6.42. The second-order valence-electron chi connectivity index (χ2n) is 10.9. The van der Waals surface area contributed by atoms with E-state index in [0.29, 0.717) is 18.0 Å². The van der Waals surface area contributed by atoms with Gasteiger partial charge in [-0.25, -0.2) is 4.39 Å². The molecule has 200 valence electrons. The number of rotatable bonds is 11. The Bertz CT molecular complexity index is 1190. The molecule has 1 aliphatic carbocycles. The summed E-state index contributed by atoms with van der Waals surface area (Å²) >= 11 is 0. The number of hydrogen-bond acceptors (Lipinski definition) is 1. The highest BCUT2D eigenvalue weighted by Crippen LogP contribution is 2.38. The minimum Gasteiger partial charge on any atom is -0.342 e. The summed E-state index contributed by atoms with van der Waals surface area (Å²) in [5.41, 5.74) is 5.96. The van der Waals surface area contributed by atoms with Crippen LogP contribution in [0.2, 0.25) is 0 Å². The van der Waals surface area contributed by atoms with Crippen LogP contribution in [0.3, 0.4) is 0 Å². The van der Waals surface area contributed by atoms with E-state index in [2.05, 4.69) is 37.8 Å². The van der Waals surface area contributed by atoms with Crippen LogP contribution >= 0.6 is 0 Å². The first kappa shape index (κ1) is 27.8. The van der Waals surface area contributed by atoms with Gasteiger partial charge in [-0.15, -0.1) is 0 Å². The summed E-state index contributed by atoms with van der Waals surface area (Å²) in [5.74, 6) is 1.29. The van der Waals surface area contributed by atoms with Crippen molar-refractivity contribution in [2.45, 2.75) is 70.6 Å². The predicted octanol–water partition coefficient (Wildman–Crippen LogP) is 9.20. The lowest BCUT2D eigenvalue weighted by Gasteiger charge is -2.29. The molecular weight excluding hydrogens is 469 g/mol. The smallest absolute Gasteiger partial charge is 0.245 e. The van der Waals surface area contributed by atoms with Crippen LogP contribution in [0.1, 0.15) is 75.3 Å². The molecule has 38 heavy (non-hydrogen) atoms. The molecule has 0 N–H and O–H groups in total. The Kier molecular flexibility index (Phi) is 9.92. The highest BCUT2D eigenvalue weighted by molar-refractivity contribution is 5.86. The van der Waals surface area contributed by atoms with Crippen molar-refractivity contribution < 1.29 is 9.18 Å². The molecule has 0 heterocycles. The lowest BCUT2D eigenvalue weighted by Crippen LogP contribution is -2.26. The highest BCUT2D eigenvalue weighted by atomic mass is 19.1. The topological polar surface area (TPSA) is 20.3 Å². The molecule has 0 unspecified atom stereocenters. The number of amides is 1. The fourth-order valence-electron chi connectivity index (χ4n) is 5.76. The Morgan fingerprint density at radius 3 is 2.21 bits per heavy atom. The van der Waals surface area contributed by atoms with E-state index in [1.165, 1.54) is 63.0 Å². The van der Waals surface area contributed by atoms with E-state index in [0.717, 1.165) is 34.6 Å². The number of carbonyl (C=O) groups is 1. The van der Waals surface area contributed by atoms with Gasteiger partial charge in [-0.1, -0.05) is 99.8 Å². The SMILES string of the molecule is C=CC(=O)N(C)CCc1ccc(-c2ccc(-c3ccc(C4CCC(CCCCC)CC4)cc3)cc2F)cc1. The number of nitrogens with zero attached hydrogens (tertiary/aromatic N) is 1. The maximum atomic E-state index is 15.2. The molecule has 4 rings (SSSR count). The van der Waals surface area contributed by atoms with Gasteiger partial charge in [-0.05, 0) is 83.9 Å². The molecule has 1 fully saturated rings. The average Bonchev–Trinajstić information content (AvgIpc) is 2.96. The van der Waals surface area contributed by atoms with Crippen LogP contribution in [0.4, 0.5) is 4.39 Å². The largest absolute Gasteiger partial charge is 0.342 e. The number of hydrogen-bond donors (Lipinski definition) is 0. The van der Waals surface area contributed by atoms with E-state index in [1.54, 1.807) is 18.0 Å². The first-order valence-electron chi connectivity index (χ1n) is 14.3. The molecule has 3 aromatic carbocycles. The number of carbonyl (C=O) groups excluding carboxylic acids is 1. The number of unbranched alkanes of at least 4 members (excludes halogenated alkanes) is 2. The van der Waals surface area contributed by atoms with Crippen LogP contribution in [0.25, 0.3) is 22.3 Å². The maximum absolute atomic E-state index is 15.2. The predicted molar refractivity (Wildman–Crippen MR) is 158 cm³/mol. The van der Waals surface area contributed by atoms with Gasteiger partial charge in [-0.3, -0.25) is 4.79 Å². The summed E-state index contributed by atoms with van der Waals surface area (Å²) in [6, 6.07) is 22.3. The lowest BCUT2D eigenvalue weighted by molar-refractivity contribution is -0.124. The molecule has 0 bridgehead atoms. The van der Waals surface area contributed by atoms with Crippen LogP contribution in [-0.4, -0.2) is 24.4 Å². The van der Waals surface area contributed by atoms with Gasteiger partial charge < -0.3 is 4.90 Å². The van der Waals surface area contributed by atoms with Gasteiger partial charge in [0.25, 0.3) is 0 Å². The maximum Gasteiger partial charge on any atom is 0.245 e. The van der Waals surface area contributed by atoms with E-state index >= 15 is 4.39 Å². The van der Waals surface area contributed by atoms with E-state index in [1.807, 2.05) is 36.4 Å². The Balaban J connectivity index is 1.35. The van der Waals surface area contributed by atoms with Gasteiger partial charge in [-0.2, -0.15) is 0 Å². The normalized spacial score (nSPS) is 17.2. The fraction of sp³-hybridized carbons (Fsp3) is 0.400. The van der Waals surface area contributed by atoms with Gasteiger partial charge in [0.2, 0.25) is 5.91 Å². The van der Waals surface area contributed by atoms with Gasteiger partial charge in [0.15, 0.2) is 0 Å². The van der Waals surface area contributed by atoms with Gasteiger partial charge in [0.1, 0.15) is 5.82 Å². The van der Waals surface area contributed by atoms with Crippen molar-refractivity contribution in [2.75, 3.05) is 13.6 Å². The molecule has 0 spiro atoms. The highest BCUT2D eigenvalue weighted by Gasteiger charge is 2.22. The average molecular weight is 512 g/mol. The Morgan fingerprint density at radius 1 is 0.921 bits per heavy atom. The van der Waals surface area contributed by atoms with Crippen molar-refractivity contribution in [3.8, 4) is 22.3 Å². The van der Waals surface area contributed by atoms with Crippen LogP contribution in [0.5, 0.6) is 0 Å². The molecule has 1 saturated carbocycles. The number of benzene rings is 3. The summed E-state index contributed by atoms with van der Waals surface area (Å²) < 4.78 is 15.2. The summed E-state index contributed by atoms with van der Waals surface area (Å²) in [5, 5.41) is 0. The third kappa shape index (κ3) is 7.22. The molecule has 0 radical (unpaired) electrons. The summed E-state index contributed by atoms with van der Waals surface area (Å²) in [7, 11) is 1.77. The van der Waals surface area contributed by atoms with Crippen molar-refractivity contribution in [1.82, 2.24) is 4.90 Å². The molecule has 3 heteroatoms. The standard InChI is InChI=1S/C35H42FNO/c1-4-6-7-8-26-9-13-28(14-10-26)29-17-19-30(20-18-29)32-21-22-33(34(36)25-32)31-15-11-27(12-16-31)23-24-37(3)35(38)5-2/h5,11-12,15-22,25-26,28H,2,4,6-10,13-14,23-24H2,1,3H3. The van der Waals surface area contributed by atoms with Crippen LogP contribution < -0.4 is 0 Å². The van der Waals surface area contributed by atoms with Crippen molar-refractivity contribution in [1.29, 1.82) is 0 Å². The molecule has 0 aromatic heterocycles. The second kappa shape index (κ2) is 13.6. The molecule has 0 aliphatic heterocycles. The third-order valence-electron chi connectivity index (χ3n) is 8.30. The lowest BCUT2D eigenvalue weighted by atomic mass is 9.77. The van der Waals surface area contributed by atoms with Gasteiger partial charge in [0.05, 0.1) is 0 Å².